The highest BCUT2D eigenvalue weighted by molar-refractivity contribution is 8.00. The van der Waals surface area contributed by atoms with Crippen molar-refractivity contribution in [2.75, 3.05) is 10.7 Å². The van der Waals surface area contributed by atoms with Crippen LogP contribution in [0.5, 0.6) is 0 Å². The van der Waals surface area contributed by atoms with Crippen LogP contribution >= 0.6 is 35.1 Å². The Labute approximate surface area is 185 Å². The maximum absolute atomic E-state index is 13.3. The second-order valence-electron chi connectivity index (χ2n) is 6.40. The van der Waals surface area contributed by atoms with E-state index in [2.05, 4.69) is 15.5 Å². The van der Waals surface area contributed by atoms with Gasteiger partial charge in [0.2, 0.25) is 11.1 Å². The standard InChI is InChI=1S/C20H14ClN5O2S2/c21-13-7-8-18-16(10-13)26(15-5-1-2-6-17(15)30-18)19(27)12-29-20-22-23-24-25(20)11-14-4-3-9-28-14/h1-10H,11-12H2. The van der Waals surface area contributed by atoms with E-state index >= 15 is 0 Å². The summed E-state index contributed by atoms with van der Waals surface area (Å²) in [6.07, 6.45) is 1.60. The van der Waals surface area contributed by atoms with Gasteiger partial charge >= 0.3 is 0 Å². The van der Waals surface area contributed by atoms with Crippen LogP contribution in [-0.2, 0) is 11.3 Å². The molecular formula is C20H14ClN5O2S2. The first-order chi connectivity index (χ1) is 14.7. The molecule has 0 N–H and O–H groups in total. The van der Waals surface area contributed by atoms with Crippen molar-refractivity contribution in [1.29, 1.82) is 0 Å². The second kappa shape index (κ2) is 8.17. The number of thioether (sulfide) groups is 1. The molecule has 0 unspecified atom stereocenters. The van der Waals surface area contributed by atoms with Crippen LogP contribution in [0, 0.1) is 0 Å². The predicted octanol–water partition coefficient (Wildman–Crippen LogP) is 4.89. The Morgan fingerprint density at radius 3 is 2.83 bits per heavy atom. The van der Waals surface area contributed by atoms with Crippen molar-refractivity contribution >= 4 is 52.4 Å². The molecule has 4 aromatic rings. The molecule has 30 heavy (non-hydrogen) atoms. The molecule has 0 saturated heterocycles. The zero-order valence-electron chi connectivity index (χ0n) is 15.4. The molecule has 0 radical (unpaired) electrons. The largest absolute Gasteiger partial charge is 0.467 e. The number of nitrogens with zero attached hydrogens (tertiary/aromatic N) is 5. The molecule has 1 aliphatic rings. The van der Waals surface area contributed by atoms with E-state index in [1.165, 1.54) is 11.8 Å². The third kappa shape index (κ3) is 3.71. The van der Waals surface area contributed by atoms with Crippen LogP contribution in [0.4, 0.5) is 11.4 Å². The first-order valence-corrected chi connectivity index (χ1v) is 11.2. The van der Waals surface area contributed by atoms with Crippen LogP contribution < -0.4 is 4.90 Å². The number of tetrazole rings is 1. The van der Waals surface area contributed by atoms with E-state index in [1.807, 2.05) is 54.6 Å². The lowest BCUT2D eigenvalue weighted by molar-refractivity contribution is -0.115. The Kier molecular flexibility index (Phi) is 5.24. The summed E-state index contributed by atoms with van der Waals surface area (Å²) in [5, 5.41) is 12.9. The first-order valence-electron chi connectivity index (χ1n) is 9.00. The molecule has 1 aliphatic heterocycles. The van der Waals surface area contributed by atoms with Crippen LogP contribution in [0.3, 0.4) is 0 Å². The minimum Gasteiger partial charge on any atom is -0.467 e. The molecule has 10 heteroatoms. The van der Waals surface area contributed by atoms with E-state index in [0.717, 1.165) is 26.9 Å². The maximum atomic E-state index is 13.3. The van der Waals surface area contributed by atoms with Gasteiger partial charge in [-0.1, -0.05) is 47.3 Å². The smallest absolute Gasteiger partial charge is 0.242 e. The summed E-state index contributed by atoms with van der Waals surface area (Å²) in [6, 6.07) is 17.1. The molecular weight excluding hydrogens is 442 g/mol. The molecule has 150 valence electrons. The van der Waals surface area contributed by atoms with E-state index in [-0.39, 0.29) is 11.7 Å². The quantitative estimate of drug-likeness (QED) is 0.396. The molecule has 0 atom stereocenters. The van der Waals surface area contributed by atoms with E-state index in [0.29, 0.717) is 16.7 Å². The van der Waals surface area contributed by atoms with Crippen molar-refractivity contribution < 1.29 is 9.21 Å². The van der Waals surface area contributed by atoms with Crippen LogP contribution in [0.2, 0.25) is 5.02 Å². The predicted molar refractivity (Wildman–Crippen MR) is 116 cm³/mol. The average molecular weight is 456 g/mol. The summed E-state index contributed by atoms with van der Waals surface area (Å²) >= 11 is 9.14. The lowest BCUT2D eigenvalue weighted by Gasteiger charge is -2.31. The van der Waals surface area contributed by atoms with E-state index < -0.39 is 0 Å². The Morgan fingerprint density at radius 1 is 1.10 bits per heavy atom. The molecule has 0 saturated carbocycles. The highest BCUT2D eigenvalue weighted by atomic mass is 35.5. The van der Waals surface area contributed by atoms with Crippen LogP contribution in [0.25, 0.3) is 0 Å². The van der Waals surface area contributed by atoms with E-state index in [9.17, 15) is 4.79 Å². The summed E-state index contributed by atoms with van der Waals surface area (Å²) in [4.78, 5) is 17.0. The van der Waals surface area contributed by atoms with Gasteiger partial charge in [-0.05, 0) is 52.9 Å². The van der Waals surface area contributed by atoms with Gasteiger partial charge in [0.1, 0.15) is 12.3 Å². The van der Waals surface area contributed by atoms with Gasteiger partial charge in [0.15, 0.2) is 0 Å². The molecule has 5 rings (SSSR count). The number of benzene rings is 2. The monoisotopic (exact) mass is 455 g/mol. The van der Waals surface area contributed by atoms with Crippen molar-refractivity contribution in [2.45, 2.75) is 21.5 Å². The minimum atomic E-state index is -0.0798. The zero-order chi connectivity index (χ0) is 20.5. The number of carbonyl (C=O) groups excluding carboxylic acids is 1. The van der Waals surface area contributed by atoms with E-state index in [4.69, 9.17) is 16.0 Å². The number of halogens is 1. The van der Waals surface area contributed by atoms with Gasteiger partial charge in [-0.2, -0.15) is 0 Å². The van der Waals surface area contributed by atoms with Crippen molar-refractivity contribution in [3.05, 3.63) is 71.6 Å². The number of amides is 1. The highest BCUT2D eigenvalue weighted by Gasteiger charge is 2.28. The SMILES string of the molecule is O=C(CSc1nnnn1Cc1ccco1)N1c2ccccc2Sc2ccc(Cl)cc21. The van der Waals surface area contributed by atoms with Gasteiger partial charge in [0, 0.05) is 14.8 Å². The average Bonchev–Trinajstić information content (AvgIpc) is 3.43. The fourth-order valence-corrected chi connectivity index (χ4v) is 5.07. The summed E-state index contributed by atoms with van der Waals surface area (Å²) in [5.74, 6) is 0.827. The Bertz CT molecular complexity index is 1210. The minimum absolute atomic E-state index is 0.0798. The summed E-state index contributed by atoms with van der Waals surface area (Å²) in [5.41, 5.74) is 1.63. The number of para-hydroxylation sites is 1. The topological polar surface area (TPSA) is 77.0 Å². The zero-order valence-corrected chi connectivity index (χ0v) is 17.8. The number of fused-ring (bicyclic) bond motifs is 2. The van der Waals surface area contributed by atoms with Crippen molar-refractivity contribution in [3.8, 4) is 0 Å². The van der Waals surface area contributed by atoms with Crippen molar-refractivity contribution in [3.63, 3.8) is 0 Å². The maximum Gasteiger partial charge on any atom is 0.242 e. The van der Waals surface area contributed by atoms with Gasteiger partial charge in [-0.15, -0.1) is 5.10 Å². The fraction of sp³-hybridized carbons (Fsp3) is 0.100. The first kappa shape index (κ1) is 19.2. The van der Waals surface area contributed by atoms with Gasteiger partial charge in [-0.3, -0.25) is 9.69 Å². The van der Waals surface area contributed by atoms with Gasteiger partial charge in [0.05, 0.1) is 23.4 Å². The lowest BCUT2D eigenvalue weighted by Crippen LogP contribution is -2.30. The van der Waals surface area contributed by atoms with Gasteiger partial charge in [-0.25, -0.2) is 4.68 Å². The molecule has 0 aliphatic carbocycles. The Balaban J connectivity index is 1.40. The number of hydrogen-bond acceptors (Lipinski definition) is 7. The third-order valence-electron chi connectivity index (χ3n) is 4.45. The molecule has 2 aromatic carbocycles. The fourth-order valence-electron chi connectivity index (χ4n) is 3.14. The van der Waals surface area contributed by atoms with Crippen LogP contribution in [0.15, 0.2) is 80.2 Å². The molecule has 2 aromatic heterocycles. The molecule has 3 heterocycles. The van der Waals surface area contributed by atoms with Crippen LogP contribution in [0.1, 0.15) is 5.76 Å². The number of furan rings is 1. The summed E-state index contributed by atoms with van der Waals surface area (Å²) in [6.45, 7) is 0.401. The van der Waals surface area contributed by atoms with Crippen molar-refractivity contribution in [2.24, 2.45) is 0 Å². The summed E-state index contributed by atoms with van der Waals surface area (Å²) < 4.78 is 6.97. The number of carbonyl (C=O) groups is 1. The molecule has 7 nitrogen and oxygen atoms in total. The molecule has 0 bridgehead atoms. The highest BCUT2D eigenvalue weighted by Crippen LogP contribution is 2.49. The lowest BCUT2D eigenvalue weighted by atomic mass is 10.2. The molecule has 0 fully saturated rings. The molecule has 0 spiro atoms. The van der Waals surface area contributed by atoms with Gasteiger partial charge in [0.25, 0.3) is 0 Å². The van der Waals surface area contributed by atoms with Gasteiger partial charge < -0.3 is 4.42 Å². The second-order valence-corrected chi connectivity index (χ2v) is 8.86. The molecule has 1 amide bonds. The van der Waals surface area contributed by atoms with Crippen LogP contribution in [-0.4, -0.2) is 31.9 Å². The number of aromatic nitrogens is 4. The number of rotatable bonds is 5. The number of anilines is 2. The third-order valence-corrected chi connectivity index (χ3v) is 6.75. The number of hydrogen-bond donors (Lipinski definition) is 0. The summed E-state index contributed by atoms with van der Waals surface area (Å²) in [7, 11) is 0. The Hall–Kier alpha value is -2.75. The normalized spacial score (nSPS) is 12.5. The van der Waals surface area contributed by atoms with Crippen molar-refractivity contribution in [1.82, 2.24) is 20.2 Å². The Morgan fingerprint density at radius 2 is 1.97 bits per heavy atom. The van der Waals surface area contributed by atoms with E-state index in [1.54, 1.807) is 27.6 Å².